The smallest absolute Gasteiger partial charge is 0.291 e. The van der Waals surface area contributed by atoms with Crippen molar-refractivity contribution >= 4 is 34.6 Å². The molecule has 0 saturated heterocycles. The Labute approximate surface area is 213 Å². The van der Waals surface area contributed by atoms with Crippen LogP contribution in [0.1, 0.15) is 50.6 Å². The number of aromatic nitrogens is 1. The summed E-state index contributed by atoms with van der Waals surface area (Å²) in [5.41, 5.74) is 7.27. The maximum Gasteiger partial charge on any atom is 0.291 e. The molecule has 0 fully saturated rings. The topological polar surface area (TPSA) is 121 Å². The summed E-state index contributed by atoms with van der Waals surface area (Å²) in [6, 6.07) is 19.8. The van der Waals surface area contributed by atoms with Crippen LogP contribution in [0.25, 0.3) is 0 Å². The Kier molecular flexibility index (Phi) is 6.93. The summed E-state index contributed by atoms with van der Waals surface area (Å²) in [6.07, 6.45) is 5.28. The van der Waals surface area contributed by atoms with Crippen LogP contribution >= 0.6 is 0 Å². The van der Waals surface area contributed by atoms with Gasteiger partial charge in [-0.2, -0.15) is 15.3 Å². The van der Waals surface area contributed by atoms with E-state index in [9.17, 15) is 9.59 Å². The van der Waals surface area contributed by atoms with E-state index in [1.165, 1.54) is 0 Å². The minimum absolute atomic E-state index is 0.230. The fourth-order valence-corrected chi connectivity index (χ4v) is 4.09. The molecule has 184 valence electrons. The minimum atomic E-state index is -0.356. The van der Waals surface area contributed by atoms with Gasteiger partial charge in [-0.25, -0.2) is 5.43 Å². The van der Waals surface area contributed by atoms with E-state index in [4.69, 9.17) is 4.42 Å². The van der Waals surface area contributed by atoms with Gasteiger partial charge in [-0.15, -0.1) is 0 Å². The standard InChI is InChI=1S/C28H24N6O3/c1-18-25-23(33-34-27(35)19-14-16-29-17-15-19)8-5-9-24(25)37-26(18)28(36)30-20-10-12-22(13-11-20)32-31-21-6-3-2-4-7-21/h2-4,6-7,10-17H,5,8-9H2,1H3,(H,30,36)(H,34,35). The van der Waals surface area contributed by atoms with Crippen molar-refractivity contribution in [3.05, 3.63) is 107 Å². The Morgan fingerprint density at radius 2 is 1.57 bits per heavy atom. The number of hydrogen-bond acceptors (Lipinski definition) is 7. The van der Waals surface area contributed by atoms with Gasteiger partial charge < -0.3 is 9.73 Å². The van der Waals surface area contributed by atoms with Crippen molar-refractivity contribution in [3.63, 3.8) is 0 Å². The zero-order chi connectivity index (χ0) is 25.6. The average molecular weight is 493 g/mol. The number of nitrogens with zero attached hydrogens (tertiary/aromatic N) is 4. The van der Waals surface area contributed by atoms with Crippen LogP contribution in [0.15, 0.2) is 98.9 Å². The highest BCUT2D eigenvalue weighted by molar-refractivity contribution is 6.09. The largest absolute Gasteiger partial charge is 0.455 e. The first kappa shape index (κ1) is 23.8. The number of amides is 2. The molecule has 2 amide bonds. The van der Waals surface area contributed by atoms with Crippen molar-refractivity contribution in [2.24, 2.45) is 15.3 Å². The number of rotatable bonds is 6. The molecule has 37 heavy (non-hydrogen) atoms. The van der Waals surface area contributed by atoms with Gasteiger partial charge in [0.15, 0.2) is 5.76 Å². The number of azo groups is 1. The van der Waals surface area contributed by atoms with Crippen LogP contribution in [0.5, 0.6) is 0 Å². The lowest BCUT2D eigenvalue weighted by Gasteiger charge is -2.13. The van der Waals surface area contributed by atoms with E-state index in [-0.39, 0.29) is 17.6 Å². The van der Waals surface area contributed by atoms with Gasteiger partial charge >= 0.3 is 0 Å². The summed E-state index contributed by atoms with van der Waals surface area (Å²) < 4.78 is 5.96. The van der Waals surface area contributed by atoms with Crippen LogP contribution in [0.4, 0.5) is 17.1 Å². The van der Waals surface area contributed by atoms with Gasteiger partial charge in [0.05, 0.1) is 17.1 Å². The molecule has 2 aromatic carbocycles. The number of benzene rings is 2. The number of pyridine rings is 1. The second-order valence-corrected chi connectivity index (χ2v) is 8.48. The summed E-state index contributed by atoms with van der Waals surface area (Å²) in [5, 5.41) is 15.6. The van der Waals surface area contributed by atoms with Gasteiger partial charge in [0.2, 0.25) is 0 Å². The molecule has 0 atom stereocenters. The van der Waals surface area contributed by atoms with Crippen molar-refractivity contribution in [1.29, 1.82) is 0 Å². The maximum atomic E-state index is 13.0. The van der Waals surface area contributed by atoms with Crippen LogP contribution in [0.2, 0.25) is 0 Å². The molecule has 9 nitrogen and oxygen atoms in total. The Bertz CT molecular complexity index is 1480. The summed E-state index contributed by atoms with van der Waals surface area (Å²) in [4.78, 5) is 29.4. The minimum Gasteiger partial charge on any atom is -0.455 e. The maximum absolute atomic E-state index is 13.0. The second kappa shape index (κ2) is 10.8. The van der Waals surface area contributed by atoms with E-state index in [0.29, 0.717) is 46.8 Å². The Morgan fingerprint density at radius 1 is 0.865 bits per heavy atom. The van der Waals surface area contributed by atoms with Crippen LogP contribution < -0.4 is 10.7 Å². The van der Waals surface area contributed by atoms with Crippen molar-refractivity contribution in [1.82, 2.24) is 10.4 Å². The number of carbonyl (C=O) groups is 2. The van der Waals surface area contributed by atoms with Gasteiger partial charge in [0, 0.05) is 41.2 Å². The predicted molar refractivity (Wildman–Crippen MR) is 140 cm³/mol. The number of anilines is 1. The molecule has 0 spiro atoms. The zero-order valence-corrected chi connectivity index (χ0v) is 20.1. The van der Waals surface area contributed by atoms with Gasteiger partial charge in [-0.3, -0.25) is 14.6 Å². The second-order valence-electron chi connectivity index (χ2n) is 8.48. The molecule has 0 bridgehead atoms. The molecule has 0 saturated carbocycles. The van der Waals surface area contributed by atoms with E-state index >= 15 is 0 Å². The third-order valence-corrected chi connectivity index (χ3v) is 5.93. The van der Waals surface area contributed by atoms with E-state index in [2.05, 4.69) is 31.1 Å². The molecule has 4 aromatic rings. The fraction of sp³-hybridized carbons (Fsp3) is 0.143. The number of fused-ring (bicyclic) bond motifs is 1. The fourth-order valence-electron chi connectivity index (χ4n) is 4.09. The van der Waals surface area contributed by atoms with Crippen molar-refractivity contribution in [2.45, 2.75) is 26.2 Å². The summed E-state index contributed by atoms with van der Waals surface area (Å²) in [5.74, 6) is 0.244. The third kappa shape index (κ3) is 5.51. The molecule has 0 aliphatic heterocycles. The van der Waals surface area contributed by atoms with Crippen LogP contribution in [-0.2, 0) is 6.42 Å². The Hall–Kier alpha value is -4.92. The van der Waals surface area contributed by atoms with Crippen molar-refractivity contribution < 1.29 is 14.0 Å². The van der Waals surface area contributed by atoms with Gasteiger partial charge in [0.1, 0.15) is 5.76 Å². The molecule has 2 aromatic heterocycles. The number of carbonyl (C=O) groups excluding carboxylic acids is 2. The van der Waals surface area contributed by atoms with Crippen molar-refractivity contribution in [2.75, 3.05) is 5.32 Å². The van der Waals surface area contributed by atoms with Crippen LogP contribution in [0.3, 0.4) is 0 Å². The first-order chi connectivity index (χ1) is 18.1. The van der Waals surface area contributed by atoms with Crippen LogP contribution in [0, 0.1) is 6.92 Å². The summed E-state index contributed by atoms with van der Waals surface area (Å²) in [6.45, 7) is 1.83. The third-order valence-electron chi connectivity index (χ3n) is 5.93. The summed E-state index contributed by atoms with van der Waals surface area (Å²) in [7, 11) is 0. The normalized spacial score (nSPS) is 13.9. The highest BCUT2D eigenvalue weighted by Gasteiger charge is 2.28. The SMILES string of the molecule is Cc1c(C(=O)Nc2ccc(N=Nc3ccccc3)cc2)oc2c1C(=NNC(=O)c1ccncc1)CCC2. The molecule has 9 heteroatoms. The van der Waals surface area contributed by atoms with E-state index < -0.39 is 0 Å². The number of nitrogens with one attached hydrogen (secondary N) is 2. The molecule has 0 unspecified atom stereocenters. The quantitative estimate of drug-likeness (QED) is 0.249. The molecule has 5 rings (SSSR count). The van der Waals surface area contributed by atoms with Crippen LogP contribution in [-0.4, -0.2) is 22.5 Å². The Balaban J connectivity index is 1.29. The average Bonchev–Trinajstić information content (AvgIpc) is 3.29. The van der Waals surface area contributed by atoms with Gasteiger partial charge in [-0.05, 0) is 68.3 Å². The molecule has 2 N–H and O–H groups in total. The van der Waals surface area contributed by atoms with E-state index in [1.54, 1.807) is 48.8 Å². The Morgan fingerprint density at radius 3 is 2.30 bits per heavy atom. The highest BCUT2D eigenvalue weighted by Crippen LogP contribution is 2.30. The molecular weight excluding hydrogens is 468 g/mol. The van der Waals surface area contributed by atoms with E-state index in [1.807, 2.05) is 37.3 Å². The lowest BCUT2D eigenvalue weighted by atomic mass is 9.93. The van der Waals surface area contributed by atoms with E-state index in [0.717, 1.165) is 17.7 Å². The first-order valence-electron chi connectivity index (χ1n) is 11.9. The highest BCUT2D eigenvalue weighted by atomic mass is 16.4. The predicted octanol–water partition coefficient (Wildman–Crippen LogP) is 6.12. The number of furan rings is 1. The zero-order valence-electron chi connectivity index (χ0n) is 20.1. The van der Waals surface area contributed by atoms with Gasteiger partial charge in [0.25, 0.3) is 11.8 Å². The molecule has 1 aliphatic rings. The van der Waals surface area contributed by atoms with Gasteiger partial charge in [-0.1, -0.05) is 18.2 Å². The number of aryl methyl sites for hydroxylation is 1. The van der Waals surface area contributed by atoms with Crippen molar-refractivity contribution in [3.8, 4) is 0 Å². The molecule has 0 radical (unpaired) electrons. The number of hydrazone groups is 1. The molecule has 1 aliphatic carbocycles. The first-order valence-corrected chi connectivity index (χ1v) is 11.9. The summed E-state index contributed by atoms with van der Waals surface area (Å²) >= 11 is 0. The lowest BCUT2D eigenvalue weighted by Crippen LogP contribution is -2.22. The lowest BCUT2D eigenvalue weighted by molar-refractivity contribution is 0.0953. The molecular formula is C28H24N6O3. The number of hydrogen-bond donors (Lipinski definition) is 2. The monoisotopic (exact) mass is 492 g/mol. The molecule has 2 heterocycles.